The third-order valence-electron chi connectivity index (χ3n) is 4.61. The third-order valence-corrected chi connectivity index (χ3v) is 6.29. The highest BCUT2D eigenvalue weighted by molar-refractivity contribution is 9.10. The molecule has 0 unspecified atom stereocenters. The second-order valence-electron chi connectivity index (χ2n) is 7.12. The number of hydrogen-bond donors (Lipinski definition) is 1. The molecule has 0 fully saturated rings. The van der Waals surface area contributed by atoms with E-state index in [0.29, 0.717) is 16.0 Å². The largest absolute Gasteiger partial charge is 0.272 e. The number of rotatable bonds is 7. The smallest absolute Gasteiger partial charge is 0.250 e. The van der Waals surface area contributed by atoms with Gasteiger partial charge in [-0.25, -0.2) is 5.43 Å². The van der Waals surface area contributed by atoms with Crippen molar-refractivity contribution in [2.24, 2.45) is 5.10 Å². The summed E-state index contributed by atoms with van der Waals surface area (Å²) in [6.45, 7) is 2.03. The van der Waals surface area contributed by atoms with E-state index >= 15 is 0 Å². The van der Waals surface area contributed by atoms with Crippen LogP contribution in [0.5, 0.6) is 0 Å². The highest BCUT2D eigenvalue weighted by Crippen LogP contribution is 2.28. The molecule has 0 aliphatic carbocycles. The van der Waals surface area contributed by atoms with Crippen LogP contribution >= 0.6 is 39.3 Å². The summed E-state index contributed by atoms with van der Waals surface area (Å²) in [7, 11) is 0. The molecule has 0 spiro atoms. The lowest BCUT2D eigenvalue weighted by Crippen LogP contribution is -2.20. The quantitative estimate of drug-likeness (QED) is 0.180. The van der Waals surface area contributed by atoms with E-state index in [-0.39, 0.29) is 11.7 Å². The van der Waals surface area contributed by atoms with Gasteiger partial charge in [0.05, 0.1) is 12.0 Å². The Hall–Kier alpha value is -2.94. The minimum absolute atomic E-state index is 0.139. The van der Waals surface area contributed by atoms with Crippen LogP contribution in [0.4, 0.5) is 0 Å². The molecule has 3 aromatic carbocycles. The summed E-state index contributed by atoms with van der Waals surface area (Å²) in [4.78, 5) is 12.4. The van der Waals surface area contributed by atoms with Gasteiger partial charge in [-0.05, 0) is 61.0 Å². The number of amides is 1. The van der Waals surface area contributed by atoms with Gasteiger partial charge in [0.25, 0.3) is 5.91 Å². The van der Waals surface area contributed by atoms with Crippen molar-refractivity contribution in [3.05, 3.63) is 93.4 Å². The molecule has 6 nitrogen and oxygen atoms in total. The number of hydrogen-bond acceptors (Lipinski definition) is 5. The monoisotopic (exact) mass is 539 g/mol. The number of nitrogens with zero attached hydrogens (tertiary/aromatic N) is 4. The molecule has 1 amide bonds. The summed E-state index contributed by atoms with van der Waals surface area (Å²) >= 11 is 10.7. The molecule has 4 aromatic rings. The second-order valence-corrected chi connectivity index (χ2v) is 9.42. The predicted octanol–water partition coefficient (Wildman–Crippen LogP) is 5.90. The number of carbonyl (C=O) groups excluding carboxylic acids is 1. The van der Waals surface area contributed by atoms with Crippen molar-refractivity contribution in [2.75, 3.05) is 5.75 Å². The highest BCUT2D eigenvalue weighted by atomic mass is 79.9. The highest BCUT2D eigenvalue weighted by Gasteiger charge is 2.17. The number of benzene rings is 3. The average Bonchev–Trinajstić information content (AvgIpc) is 3.23. The Labute approximate surface area is 209 Å². The lowest BCUT2D eigenvalue weighted by molar-refractivity contribution is -0.118. The van der Waals surface area contributed by atoms with E-state index in [1.165, 1.54) is 11.8 Å². The summed E-state index contributed by atoms with van der Waals surface area (Å²) in [5.41, 5.74) is 6.37. The zero-order chi connectivity index (χ0) is 23.2. The number of aryl methyl sites for hydroxylation is 1. The molecule has 9 heteroatoms. The summed E-state index contributed by atoms with van der Waals surface area (Å²) in [6.07, 6.45) is 1.60. The van der Waals surface area contributed by atoms with Gasteiger partial charge in [-0.3, -0.25) is 9.36 Å². The zero-order valence-electron chi connectivity index (χ0n) is 17.6. The van der Waals surface area contributed by atoms with E-state index in [1.54, 1.807) is 6.21 Å². The Balaban J connectivity index is 1.51. The summed E-state index contributed by atoms with van der Waals surface area (Å²) in [6, 6.07) is 23.1. The van der Waals surface area contributed by atoms with E-state index in [0.717, 1.165) is 26.9 Å². The fraction of sp³-hybridized carbons (Fsp3) is 0.0833. The molecule has 4 rings (SSSR count). The lowest BCUT2D eigenvalue weighted by atomic mass is 10.2. The van der Waals surface area contributed by atoms with Gasteiger partial charge in [0.1, 0.15) is 0 Å². The van der Waals surface area contributed by atoms with E-state index in [1.807, 2.05) is 84.3 Å². The van der Waals surface area contributed by atoms with Gasteiger partial charge in [-0.2, -0.15) is 5.10 Å². The van der Waals surface area contributed by atoms with Crippen molar-refractivity contribution in [3.8, 4) is 17.1 Å². The number of aromatic nitrogens is 3. The fourth-order valence-electron chi connectivity index (χ4n) is 3.00. The number of thioether (sulfide) groups is 1. The van der Waals surface area contributed by atoms with Crippen LogP contribution in [0.1, 0.15) is 11.1 Å². The van der Waals surface area contributed by atoms with Gasteiger partial charge in [0.15, 0.2) is 11.0 Å². The Morgan fingerprint density at radius 2 is 1.88 bits per heavy atom. The number of halogens is 2. The van der Waals surface area contributed by atoms with Crippen LogP contribution in [-0.4, -0.2) is 32.6 Å². The van der Waals surface area contributed by atoms with Crippen LogP contribution in [-0.2, 0) is 4.79 Å². The van der Waals surface area contributed by atoms with Crippen molar-refractivity contribution in [1.29, 1.82) is 0 Å². The fourth-order valence-corrected chi connectivity index (χ4v) is 4.29. The van der Waals surface area contributed by atoms with Gasteiger partial charge in [0, 0.05) is 20.7 Å². The van der Waals surface area contributed by atoms with Gasteiger partial charge < -0.3 is 0 Å². The molecule has 0 aliphatic heterocycles. The molecular weight excluding hydrogens is 522 g/mol. The summed E-state index contributed by atoms with van der Waals surface area (Å²) < 4.78 is 2.88. The van der Waals surface area contributed by atoms with E-state index < -0.39 is 0 Å². The SMILES string of the molecule is Cc1ccc(-n2c(SCC(=O)NN=Cc3cccc(Br)c3)nnc2-c2ccc(Cl)cc2)cc1. The van der Waals surface area contributed by atoms with Gasteiger partial charge >= 0.3 is 0 Å². The predicted molar refractivity (Wildman–Crippen MR) is 137 cm³/mol. The third kappa shape index (κ3) is 6.10. The Bertz CT molecular complexity index is 1290. The number of nitrogens with one attached hydrogen (secondary N) is 1. The van der Waals surface area contributed by atoms with Gasteiger partial charge in [0.2, 0.25) is 0 Å². The topological polar surface area (TPSA) is 72.2 Å². The number of carbonyl (C=O) groups is 1. The minimum atomic E-state index is -0.238. The van der Waals surface area contributed by atoms with E-state index in [2.05, 4.69) is 36.7 Å². The van der Waals surface area contributed by atoms with Gasteiger partial charge in [-0.15, -0.1) is 10.2 Å². The Morgan fingerprint density at radius 3 is 2.61 bits per heavy atom. The first-order valence-corrected chi connectivity index (χ1v) is 12.1. The normalized spacial score (nSPS) is 11.1. The first-order valence-electron chi connectivity index (χ1n) is 9.98. The molecule has 1 N–H and O–H groups in total. The van der Waals surface area contributed by atoms with Crippen LogP contribution < -0.4 is 5.43 Å². The average molecular weight is 541 g/mol. The minimum Gasteiger partial charge on any atom is -0.272 e. The van der Waals surface area contributed by atoms with E-state index in [9.17, 15) is 4.79 Å². The van der Waals surface area contributed by atoms with Crippen molar-refractivity contribution in [2.45, 2.75) is 12.1 Å². The van der Waals surface area contributed by atoms with E-state index in [4.69, 9.17) is 11.6 Å². The number of hydrazone groups is 1. The molecule has 0 saturated heterocycles. The first-order chi connectivity index (χ1) is 16.0. The lowest BCUT2D eigenvalue weighted by Gasteiger charge is -2.10. The van der Waals surface area contributed by atoms with Crippen molar-refractivity contribution in [3.63, 3.8) is 0 Å². The molecular formula is C24H19BrClN5OS. The molecule has 0 aliphatic rings. The molecule has 1 aromatic heterocycles. The molecule has 166 valence electrons. The van der Waals surface area contributed by atoms with Crippen LogP contribution in [0.25, 0.3) is 17.1 Å². The maximum atomic E-state index is 12.4. The van der Waals surface area contributed by atoms with Crippen LogP contribution in [0.2, 0.25) is 5.02 Å². The molecule has 0 atom stereocenters. The maximum Gasteiger partial charge on any atom is 0.250 e. The van der Waals surface area contributed by atoms with Crippen LogP contribution in [0.3, 0.4) is 0 Å². The molecule has 0 radical (unpaired) electrons. The van der Waals surface area contributed by atoms with Gasteiger partial charge in [-0.1, -0.05) is 69.1 Å². The van der Waals surface area contributed by atoms with Crippen LogP contribution in [0, 0.1) is 6.92 Å². The molecule has 0 bridgehead atoms. The molecule has 33 heavy (non-hydrogen) atoms. The molecule has 0 saturated carbocycles. The van der Waals surface area contributed by atoms with Crippen molar-refractivity contribution >= 4 is 51.4 Å². The second kappa shape index (κ2) is 10.8. The summed E-state index contributed by atoms with van der Waals surface area (Å²) in [5.74, 6) is 0.573. The zero-order valence-corrected chi connectivity index (χ0v) is 20.7. The first kappa shape index (κ1) is 23.2. The summed E-state index contributed by atoms with van der Waals surface area (Å²) in [5, 5.41) is 14.0. The van der Waals surface area contributed by atoms with Crippen molar-refractivity contribution in [1.82, 2.24) is 20.2 Å². The Morgan fingerprint density at radius 1 is 1.12 bits per heavy atom. The van der Waals surface area contributed by atoms with Crippen LogP contribution in [0.15, 0.2) is 87.5 Å². The standard InChI is InChI=1S/C24H19BrClN5OS/c1-16-5-11-21(12-6-16)31-23(18-7-9-20(26)10-8-18)29-30-24(31)33-15-22(32)28-27-14-17-3-2-4-19(25)13-17/h2-14H,15H2,1H3,(H,28,32). The maximum absolute atomic E-state index is 12.4. The Kier molecular flexibility index (Phi) is 7.59. The van der Waals surface area contributed by atoms with Crippen molar-refractivity contribution < 1.29 is 4.79 Å². The molecule has 1 heterocycles.